The van der Waals surface area contributed by atoms with Crippen LogP contribution in [0.25, 0.3) is 0 Å². The monoisotopic (exact) mass is 392 g/mol. The number of hydrogen-bond donors (Lipinski definition) is 2. The van der Waals surface area contributed by atoms with E-state index >= 15 is 0 Å². The first-order valence-corrected chi connectivity index (χ1v) is 8.77. The predicted octanol–water partition coefficient (Wildman–Crippen LogP) is 3.26. The Morgan fingerprint density at radius 2 is 1.85 bits per heavy atom. The summed E-state index contributed by atoms with van der Waals surface area (Å²) in [5, 5.41) is 5.65. The van der Waals surface area contributed by atoms with Gasteiger partial charge in [-0.1, -0.05) is 31.5 Å². The normalized spacial score (nSPS) is 12.9. The molecule has 1 aromatic heterocycles. The van der Waals surface area contributed by atoms with Crippen molar-refractivity contribution in [2.24, 2.45) is 5.92 Å². The van der Waals surface area contributed by atoms with E-state index in [4.69, 9.17) is 20.8 Å². The highest BCUT2D eigenvalue weighted by Gasteiger charge is 2.29. The first kappa shape index (κ1) is 20.5. The molecule has 2 rings (SSSR count). The molecule has 7 nitrogen and oxygen atoms in total. The molecule has 0 aliphatic heterocycles. The third kappa shape index (κ3) is 5.86. The lowest BCUT2D eigenvalue weighted by Crippen LogP contribution is -2.47. The van der Waals surface area contributed by atoms with E-state index in [9.17, 15) is 14.4 Å². The molecule has 8 heteroatoms. The maximum absolute atomic E-state index is 12.4. The molecule has 0 spiro atoms. The van der Waals surface area contributed by atoms with Crippen molar-refractivity contribution in [1.82, 2.24) is 5.32 Å². The van der Waals surface area contributed by atoms with Crippen molar-refractivity contribution < 1.29 is 23.5 Å². The molecule has 2 atom stereocenters. The van der Waals surface area contributed by atoms with Crippen LogP contribution < -0.4 is 10.6 Å². The molecule has 0 saturated heterocycles. The fraction of sp³-hybridized carbons (Fsp3) is 0.316. The van der Waals surface area contributed by atoms with Gasteiger partial charge in [0.2, 0.25) is 0 Å². The first-order chi connectivity index (χ1) is 12.8. The lowest BCUT2D eigenvalue weighted by molar-refractivity contribution is -0.156. The Morgan fingerprint density at radius 1 is 1.11 bits per heavy atom. The number of hydrogen-bond acceptors (Lipinski definition) is 5. The molecule has 2 amide bonds. The van der Waals surface area contributed by atoms with Gasteiger partial charge >= 0.3 is 5.97 Å². The number of halogens is 1. The summed E-state index contributed by atoms with van der Waals surface area (Å²) in [4.78, 5) is 36.8. The summed E-state index contributed by atoms with van der Waals surface area (Å²) in [6.07, 6.45) is 0.304. The molecule has 0 radical (unpaired) electrons. The summed E-state index contributed by atoms with van der Waals surface area (Å²) in [6, 6.07) is 8.74. The Balaban J connectivity index is 1.97. The average molecular weight is 393 g/mol. The van der Waals surface area contributed by atoms with Crippen molar-refractivity contribution in [3.63, 3.8) is 0 Å². The van der Waals surface area contributed by atoms with E-state index in [-0.39, 0.29) is 11.7 Å². The second-order valence-corrected chi connectivity index (χ2v) is 6.69. The van der Waals surface area contributed by atoms with Crippen molar-refractivity contribution in [2.45, 2.75) is 32.9 Å². The van der Waals surface area contributed by atoms with Crippen molar-refractivity contribution in [3.05, 3.63) is 53.4 Å². The largest absolute Gasteiger partial charge is 0.459 e. The fourth-order valence-corrected chi connectivity index (χ4v) is 2.42. The van der Waals surface area contributed by atoms with Gasteiger partial charge in [0.25, 0.3) is 11.8 Å². The van der Waals surface area contributed by atoms with Gasteiger partial charge in [-0.05, 0) is 43.2 Å². The molecule has 0 bridgehead atoms. The quantitative estimate of drug-likeness (QED) is 0.705. The van der Waals surface area contributed by atoms with Crippen LogP contribution >= 0.6 is 11.6 Å². The second-order valence-electron chi connectivity index (χ2n) is 6.25. The lowest BCUT2D eigenvalue weighted by atomic mass is 10.0. The summed E-state index contributed by atoms with van der Waals surface area (Å²) in [7, 11) is 0. The minimum absolute atomic E-state index is 0.0835. The molecule has 0 fully saturated rings. The maximum atomic E-state index is 12.4. The molecule has 27 heavy (non-hydrogen) atoms. The lowest BCUT2D eigenvalue weighted by Gasteiger charge is -2.22. The third-order valence-electron chi connectivity index (χ3n) is 3.71. The molecule has 0 aliphatic rings. The van der Waals surface area contributed by atoms with Crippen LogP contribution in [0.15, 0.2) is 47.1 Å². The van der Waals surface area contributed by atoms with Crippen LogP contribution in [-0.2, 0) is 14.3 Å². The van der Waals surface area contributed by atoms with Crippen LogP contribution in [0.1, 0.15) is 31.3 Å². The number of carbonyl (C=O) groups is 3. The van der Waals surface area contributed by atoms with Crippen molar-refractivity contribution in [1.29, 1.82) is 0 Å². The predicted molar refractivity (Wildman–Crippen MR) is 100 cm³/mol. The second kappa shape index (κ2) is 9.23. The van der Waals surface area contributed by atoms with Crippen LogP contribution in [0.3, 0.4) is 0 Å². The van der Waals surface area contributed by atoms with Gasteiger partial charge in [0, 0.05) is 10.7 Å². The summed E-state index contributed by atoms with van der Waals surface area (Å²) in [5.41, 5.74) is 0.488. The van der Waals surface area contributed by atoms with Gasteiger partial charge in [0.15, 0.2) is 11.9 Å². The SMILES string of the molecule is CC(C)[C@H](NC(=O)c1ccco1)C(=O)O[C@@H](C)C(=O)Nc1cccc(Cl)c1. The zero-order valence-corrected chi connectivity index (χ0v) is 15.9. The van der Waals surface area contributed by atoms with Crippen LogP contribution in [0, 0.1) is 5.92 Å². The van der Waals surface area contributed by atoms with Gasteiger partial charge in [0.05, 0.1) is 6.26 Å². The molecule has 2 aromatic rings. The minimum atomic E-state index is -1.06. The summed E-state index contributed by atoms with van der Waals surface area (Å²) >= 11 is 5.87. The fourth-order valence-electron chi connectivity index (χ4n) is 2.23. The topological polar surface area (TPSA) is 97.6 Å². The first-order valence-electron chi connectivity index (χ1n) is 8.39. The molecule has 144 valence electrons. The van der Waals surface area contributed by atoms with E-state index in [0.29, 0.717) is 10.7 Å². The summed E-state index contributed by atoms with van der Waals surface area (Å²) in [6.45, 7) is 4.96. The molecular weight excluding hydrogens is 372 g/mol. The van der Waals surface area contributed by atoms with Gasteiger partial charge in [-0.25, -0.2) is 4.79 Å². The highest BCUT2D eigenvalue weighted by atomic mass is 35.5. The van der Waals surface area contributed by atoms with Crippen LogP contribution in [-0.4, -0.2) is 29.9 Å². The standard InChI is InChI=1S/C19H21ClN2O5/c1-11(2)16(22-18(24)15-8-5-9-26-15)19(25)27-12(3)17(23)21-14-7-4-6-13(20)10-14/h4-12,16H,1-3H3,(H,21,23)(H,22,24)/t12-,16-/m0/s1. The highest BCUT2D eigenvalue weighted by molar-refractivity contribution is 6.30. The van der Waals surface area contributed by atoms with E-state index in [0.717, 1.165) is 0 Å². The maximum Gasteiger partial charge on any atom is 0.329 e. The summed E-state index contributed by atoms with van der Waals surface area (Å²) < 4.78 is 10.2. The van der Waals surface area contributed by atoms with Gasteiger partial charge in [-0.15, -0.1) is 0 Å². The number of amides is 2. The average Bonchev–Trinajstić information content (AvgIpc) is 3.13. The van der Waals surface area contributed by atoms with E-state index < -0.39 is 29.9 Å². The van der Waals surface area contributed by atoms with E-state index in [1.165, 1.54) is 19.3 Å². The molecule has 0 aliphatic carbocycles. The Bertz CT molecular complexity index is 804. The number of rotatable bonds is 7. The Labute approximate surface area is 162 Å². The zero-order chi connectivity index (χ0) is 20.0. The van der Waals surface area contributed by atoms with Gasteiger partial charge < -0.3 is 19.8 Å². The van der Waals surface area contributed by atoms with E-state index in [1.54, 1.807) is 44.2 Å². The molecule has 1 aromatic carbocycles. The number of ether oxygens (including phenoxy) is 1. The zero-order valence-electron chi connectivity index (χ0n) is 15.2. The van der Waals surface area contributed by atoms with Gasteiger partial charge in [0.1, 0.15) is 6.04 Å². The number of nitrogens with one attached hydrogen (secondary N) is 2. The van der Waals surface area contributed by atoms with E-state index in [2.05, 4.69) is 10.6 Å². The molecule has 2 N–H and O–H groups in total. The number of benzene rings is 1. The van der Waals surface area contributed by atoms with Crippen LogP contribution in [0.4, 0.5) is 5.69 Å². The number of esters is 1. The van der Waals surface area contributed by atoms with Gasteiger partial charge in [-0.3, -0.25) is 9.59 Å². The van der Waals surface area contributed by atoms with Crippen LogP contribution in [0.2, 0.25) is 5.02 Å². The minimum Gasteiger partial charge on any atom is -0.459 e. The highest BCUT2D eigenvalue weighted by Crippen LogP contribution is 2.16. The molecular formula is C19H21ClN2O5. The van der Waals surface area contributed by atoms with Crippen molar-refractivity contribution >= 4 is 35.1 Å². The van der Waals surface area contributed by atoms with Crippen molar-refractivity contribution in [3.8, 4) is 0 Å². The number of carbonyl (C=O) groups excluding carboxylic acids is 3. The van der Waals surface area contributed by atoms with Gasteiger partial charge in [-0.2, -0.15) is 0 Å². The third-order valence-corrected chi connectivity index (χ3v) is 3.94. The van der Waals surface area contributed by atoms with Crippen molar-refractivity contribution in [2.75, 3.05) is 5.32 Å². The Morgan fingerprint density at radius 3 is 2.44 bits per heavy atom. The Kier molecular flexibility index (Phi) is 7.01. The number of furan rings is 1. The van der Waals surface area contributed by atoms with Crippen LogP contribution in [0.5, 0.6) is 0 Å². The summed E-state index contributed by atoms with van der Waals surface area (Å²) in [5.74, 6) is -1.92. The molecule has 1 heterocycles. The molecule has 0 saturated carbocycles. The Hall–Kier alpha value is -2.80. The molecule has 0 unspecified atom stereocenters. The smallest absolute Gasteiger partial charge is 0.329 e. The number of anilines is 1. The van der Waals surface area contributed by atoms with E-state index in [1.807, 2.05) is 0 Å².